The fourth-order valence-corrected chi connectivity index (χ4v) is 2.58. The lowest BCUT2D eigenvalue weighted by molar-refractivity contribution is 1.11. The maximum Gasteiger partial charge on any atom is 0.0632 e. The molecule has 0 aliphatic carbocycles. The largest absolute Gasteiger partial charge is 0.323 e. The third-order valence-electron chi connectivity index (χ3n) is 1.63. The zero-order chi connectivity index (χ0) is 10.4. The summed E-state index contributed by atoms with van der Waals surface area (Å²) in [5, 5.41) is 0. The van der Waals surface area contributed by atoms with Gasteiger partial charge in [-0.05, 0) is 30.4 Å². The van der Waals surface area contributed by atoms with Gasteiger partial charge in [-0.3, -0.25) is 5.84 Å². The highest BCUT2D eigenvalue weighted by molar-refractivity contribution is 9.10. The zero-order valence-corrected chi connectivity index (χ0v) is 10.8. The minimum absolute atomic E-state index is 0.703. The van der Waals surface area contributed by atoms with Crippen molar-refractivity contribution in [2.75, 3.05) is 17.1 Å². The number of alkyl halides is 1. The second-order valence-electron chi connectivity index (χ2n) is 2.68. The lowest BCUT2D eigenvalue weighted by Gasteiger charge is -2.08. The first-order valence-electron chi connectivity index (χ1n) is 4.23. The number of hydrogen-bond donors (Lipinski definition) is 2. The summed E-state index contributed by atoms with van der Waals surface area (Å²) < 4.78 is 1.02. The Morgan fingerprint density at radius 1 is 1.50 bits per heavy atom. The summed E-state index contributed by atoms with van der Waals surface area (Å²) in [7, 11) is 0. The van der Waals surface area contributed by atoms with Crippen molar-refractivity contribution < 1.29 is 0 Å². The van der Waals surface area contributed by atoms with Gasteiger partial charge in [0.05, 0.1) is 5.69 Å². The number of halogens is 2. The maximum absolute atomic E-state index is 5.61. The van der Waals surface area contributed by atoms with Gasteiger partial charge in [0, 0.05) is 15.2 Å². The zero-order valence-electron chi connectivity index (χ0n) is 7.59. The van der Waals surface area contributed by atoms with Crippen LogP contribution in [0.3, 0.4) is 0 Å². The monoisotopic (exact) mass is 294 g/mol. The summed E-state index contributed by atoms with van der Waals surface area (Å²) in [5.74, 6) is 7.13. The Morgan fingerprint density at radius 3 is 2.93 bits per heavy atom. The number of nitrogens with one attached hydrogen (secondary N) is 1. The molecule has 0 saturated heterocycles. The lowest BCUT2D eigenvalue weighted by atomic mass is 10.3. The molecular formula is C9H12BrClN2S. The molecule has 78 valence electrons. The van der Waals surface area contributed by atoms with Crippen molar-refractivity contribution in [2.24, 2.45) is 5.84 Å². The fourth-order valence-electron chi connectivity index (χ4n) is 0.978. The van der Waals surface area contributed by atoms with E-state index in [2.05, 4.69) is 21.4 Å². The van der Waals surface area contributed by atoms with Gasteiger partial charge in [-0.2, -0.15) is 0 Å². The van der Waals surface area contributed by atoms with Crippen molar-refractivity contribution in [3.8, 4) is 0 Å². The SMILES string of the molecule is NNc1cc(Br)ccc1SCCCCl. The number of thioether (sulfide) groups is 1. The molecule has 0 aliphatic heterocycles. The van der Waals surface area contributed by atoms with E-state index in [0.717, 1.165) is 27.2 Å². The van der Waals surface area contributed by atoms with Crippen LogP contribution in [0.5, 0.6) is 0 Å². The van der Waals surface area contributed by atoms with Crippen LogP contribution in [0.25, 0.3) is 0 Å². The van der Waals surface area contributed by atoms with Crippen molar-refractivity contribution in [1.82, 2.24) is 0 Å². The molecule has 0 aliphatic rings. The number of nitrogen functional groups attached to an aromatic ring is 1. The van der Waals surface area contributed by atoms with Crippen molar-refractivity contribution >= 4 is 45.0 Å². The predicted octanol–water partition coefficient (Wildman–Crippen LogP) is 3.46. The van der Waals surface area contributed by atoms with Gasteiger partial charge in [0.25, 0.3) is 0 Å². The van der Waals surface area contributed by atoms with Gasteiger partial charge in [0.1, 0.15) is 0 Å². The van der Waals surface area contributed by atoms with Gasteiger partial charge >= 0.3 is 0 Å². The Bertz CT molecular complexity index is 296. The van der Waals surface area contributed by atoms with Crippen LogP contribution >= 0.6 is 39.3 Å². The molecule has 1 aromatic carbocycles. The van der Waals surface area contributed by atoms with Crippen molar-refractivity contribution in [1.29, 1.82) is 0 Å². The van der Waals surface area contributed by atoms with E-state index in [4.69, 9.17) is 17.4 Å². The summed E-state index contributed by atoms with van der Waals surface area (Å²) >= 11 is 10.8. The van der Waals surface area contributed by atoms with Crippen molar-refractivity contribution in [3.63, 3.8) is 0 Å². The summed E-state index contributed by atoms with van der Waals surface area (Å²) in [5.41, 5.74) is 3.62. The third-order valence-corrected chi connectivity index (χ3v) is 3.55. The molecular weight excluding hydrogens is 284 g/mol. The molecule has 2 nitrogen and oxygen atoms in total. The molecule has 0 aromatic heterocycles. The smallest absolute Gasteiger partial charge is 0.0632 e. The van der Waals surface area contributed by atoms with Gasteiger partial charge in [-0.15, -0.1) is 23.4 Å². The average Bonchev–Trinajstić information content (AvgIpc) is 2.20. The molecule has 1 aromatic rings. The predicted molar refractivity (Wildman–Crippen MR) is 68.0 cm³/mol. The Balaban J connectivity index is 2.65. The van der Waals surface area contributed by atoms with Gasteiger partial charge in [0.15, 0.2) is 0 Å². The number of hydrazine groups is 1. The highest BCUT2D eigenvalue weighted by atomic mass is 79.9. The van der Waals surface area contributed by atoms with Crippen LogP contribution < -0.4 is 11.3 Å². The molecule has 1 rings (SSSR count). The molecule has 0 amide bonds. The topological polar surface area (TPSA) is 38.0 Å². The summed E-state index contributed by atoms with van der Waals surface area (Å²) in [6, 6.07) is 6.01. The molecule has 0 bridgehead atoms. The fraction of sp³-hybridized carbons (Fsp3) is 0.333. The quantitative estimate of drug-likeness (QED) is 0.287. The highest BCUT2D eigenvalue weighted by Crippen LogP contribution is 2.29. The van der Waals surface area contributed by atoms with E-state index >= 15 is 0 Å². The first-order chi connectivity index (χ1) is 6.77. The van der Waals surface area contributed by atoms with Crippen LogP contribution in [-0.2, 0) is 0 Å². The third kappa shape index (κ3) is 3.69. The van der Waals surface area contributed by atoms with Crippen LogP contribution in [-0.4, -0.2) is 11.6 Å². The van der Waals surface area contributed by atoms with E-state index in [-0.39, 0.29) is 0 Å². The highest BCUT2D eigenvalue weighted by Gasteiger charge is 2.01. The summed E-state index contributed by atoms with van der Waals surface area (Å²) in [6.45, 7) is 0. The minimum atomic E-state index is 0.703. The molecule has 0 radical (unpaired) electrons. The van der Waals surface area contributed by atoms with Crippen molar-refractivity contribution in [2.45, 2.75) is 11.3 Å². The molecule has 0 spiro atoms. The first-order valence-corrected chi connectivity index (χ1v) is 6.54. The van der Waals surface area contributed by atoms with E-state index in [1.165, 1.54) is 0 Å². The number of hydrogen-bond acceptors (Lipinski definition) is 3. The van der Waals surface area contributed by atoms with E-state index in [1.807, 2.05) is 18.2 Å². The van der Waals surface area contributed by atoms with Crippen LogP contribution in [0.15, 0.2) is 27.6 Å². The molecule has 0 unspecified atom stereocenters. The number of rotatable bonds is 5. The average molecular weight is 296 g/mol. The molecule has 5 heteroatoms. The van der Waals surface area contributed by atoms with Gasteiger partial charge < -0.3 is 5.43 Å². The standard InChI is InChI=1S/C9H12BrClN2S/c10-7-2-3-9(8(6-7)13-12)14-5-1-4-11/h2-3,6,13H,1,4-5,12H2. The second kappa shape index (κ2) is 6.56. The molecule has 14 heavy (non-hydrogen) atoms. The molecule has 0 fully saturated rings. The molecule has 3 N–H and O–H groups in total. The second-order valence-corrected chi connectivity index (χ2v) is 5.11. The Hall–Kier alpha value is 0.1000. The van der Waals surface area contributed by atoms with Crippen molar-refractivity contribution in [3.05, 3.63) is 22.7 Å². The first kappa shape index (κ1) is 12.2. The van der Waals surface area contributed by atoms with Crippen LogP contribution in [0.2, 0.25) is 0 Å². The van der Waals surface area contributed by atoms with Crippen LogP contribution in [0, 0.1) is 0 Å². The summed E-state index contributed by atoms with van der Waals surface area (Å²) in [6.07, 6.45) is 1.01. The van der Waals surface area contributed by atoms with Gasteiger partial charge in [0.2, 0.25) is 0 Å². The van der Waals surface area contributed by atoms with Gasteiger partial charge in [-0.1, -0.05) is 15.9 Å². The normalized spacial score (nSPS) is 10.2. The van der Waals surface area contributed by atoms with E-state index in [9.17, 15) is 0 Å². The Morgan fingerprint density at radius 2 is 2.29 bits per heavy atom. The minimum Gasteiger partial charge on any atom is -0.323 e. The van der Waals surface area contributed by atoms with Gasteiger partial charge in [-0.25, -0.2) is 0 Å². The molecule has 0 saturated carbocycles. The maximum atomic E-state index is 5.61. The van der Waals surface area contributed by atoms with E-state index in [0.29, 0.717) is 5.88 Å². The lowest BCUT2D eigenvalue weighted by Crippen LogP contribution is -2.07. The number of benzene rings is 1. The Kier molecular flexibility index (Phi) is 5.70. The summed E-state index contributed by atoms with van der Waals surface area (Å²) in [4.78, 5) is 1.15. The van der Waals surface area contributed by atoms with E-state index < -0.39 is 0 Å². The molecule has 0 atom stereocenters. The number of nitrogens with two attached hydrogens (primary N) is 1. The number of anilines is 1. The van der Waals surface area contributed by atoms with Crippen LogP contribution in [0.4, 0.5) is 5.69 Å². The van der Waals surface area contributed by atoms with E-state index in [1.54, 1.807) is 11.8 Å². The Labute approximate surface area is 102 Å². The molecule has 0 heterocycles. The van der Waals surface area contributed by atoms with Crippen LogP contribution in [0.1, 0.15) is 6.42 Å².